The quantitative estimate of drug-likeness (QED) is 0.647. The lowest BCUT2D eigenvalue weighted by Crippen LogP contribution is -2.46. The molecule has 21 heavy (non-hydrogen) atoms. The van der Waals surface area contributed by atoms with Crippen LogP contribution < -0.4 is 9.46 Å². The number of carbonyl (C=O) groups is 1. The summed E-state index contributed by atoms with van der Waals surface area (Å²) in [5.74, 6) is -0.957. The summed E-state index contributed by atoms with van der Waals surface area (Å²) in [4.78, 5) is 10.7. The summed E-state index contributed by atoms with van der Waals surface area (Å²) in [6.07, 6.45) is 0.839. The minimum absolute atomic E-state index is 0.0347. The molecular weight excluding hydrogens is 298 g/mol. The molecule has 0 saturated carbocycles. The molecule has 0 amide bonds. The second-order valence-electron chi connectivity index (χ2n) is 4.72. The fraction of sp³-hybridized carbons (Fsp3) is 0.462. The Morgan fingerprint density at radius 3 is 2.38 bits per heavy atom. The summed E-state index contributed by atoms with van der Waals surface area (Å²) < 4.78 is 31.3. The van der Waals surface area contributed by atoms with Crippen molar-refractivity contribution in [3.05, 3.63) is 24.3 Å². The van der Waals surface area contributed by atoms with Crippen LogP contribution in [0.4, 0.5) is 0 Å². The van der Waals surface area contributed by atoms with Crippen molar-refractivity contribution in [3.8, 4) is 5.75 Å². The zero-order valence-electron chi connectivity index (χ0n) is 11.9. The third-order valence-electron chi connectivity index (χ3n) is 2.67. The lowest BCUT2D eigenvalue weighted by Gasteiger charge is -2.18. The average Bonchev–Trinajstić information content (AvgIpc) is 2.43. The molecule has 1 unspecified atom stereocenters. The molecule has 0 heterocycles. The second kappa shape index (κ2) is 6.88. The second-order valence-corrected chi connectivity index (χ2v) is 6.49. The summed E-state index contributed by atoms with van der Waals surface area (Å²) in [5, 5.41) is 18.2. The molecule has 0 fully saturated rings. The van der Waals surface area contributed by atoms with Crippen LogP contribution in [0, 0.1) is 0 Å². The number of benzene rings is 1. The number of rotatable bonds is 8. The van der Waals surface area contributed by atoms with Crippen molar-refractivity contribution in [1.82, 2.24) is 4.72 Å². The Hall–Kier alpha value is -1.64. The Balaban J connectivity index is 2.77. The van der Waals surface area contributed by atoms with Crippen molar-refractivity contribution in [1.29, 1.82) is 0 Å². The van der Waals surface area contributed by atoms with E-state index in [1.807, 2.05) is 6.92 Å². The van der Waals surface area contributed by atoms with E-state index in [2.05, 4.69) is 4.72 Å². The standard InChI is InChI=1S/C13H19NO6S/c1-3-8-20-10-4-6-11(7-5-10)21(18,19)14-9-13(2,17)12(15)16/h4-7,14,17H,3,8-9H2,1-2H3,(H,15,16). The maximum atomic E-state index is 12.0. The molecule has 0 aromatic heterocycles. The minimum Gasteiger partial charge on any atom is -0.494 e. The van der Waals surface area contributed by atoms with Gasteiger partial charge < -0.3 is 14.9 Å². The van der Waals surface area contributed by atoms with Gasteiger partial charge in [0.1, 0.15) is 5.75 Å². The highest BCUT2D eigenvalue weighted by molar-refractivity contribution is 7.89. The lowest BCUT2D eigenvalue weighted by molar-refractivity contribution is -0.155. The SMILES string of the molecule is CCCOc1ccc(S(=O)(=O)NCC(C)(O)C(=O)O)cc1. The van der Waals surface area contributed by atoms with E-state index in [0.717, 1.165) is 13.3 Å². The van der Waals surface area contributed by atoms with Crippen LogP contribution >= 0.6 is 0 Å². The number of nitrogens with one attached hydrogen (secondary N) is 1. The zero-order valence-corrected chi connectivity index (χ0v) is 12.7. The van der Waals surface area contributed by atoms with Gasteiger partial charge in [0.2, 0.25) is 10.0 Å². The van der Waals surface area contributed by atoms with E-state index in [4.69, 9.17) is 9.84 Å². The van der Waals surface area contributed by atoms with Crippen molar-refractivity contribution in [2.24, 2.45) is 0 Å². The van der Waals surface area contributed by atoms with Gasteiger partial charge in [-0.3, -0.25) is 0 Å². The summed E-state index contributed by atoms with van der Waals surface area (Å²) in [7, 11) is -3.89. The monoisotopic (exact) mass is 317 g/mol. The first-order valence-electron chi connectivity index (χ1n) is 6.37. The number of sulfonamides is 1. The van der Waals surface area contributed by atoms with Crippen LogP contribution in [0.3, 0.4) is 0 Å². The van der Waals surface area contributed by atoms with Crippen LogP contribution in [0.1, 0.15) is 20.3 Å². The van der Waals surface area contributed by atoms with Gasteiger partial charge in [-0.15, -0.1) is 0 Å². The van der Waals surface area contributed by atoms with Gasteiger partial charge in [-0.1, -0.05) is 6.92 Å². The van der Waals surface area contributed by atoms with Crippen molar-refractivity contribution < 1.29 is 28.2 Å². The molecule has 7 nitrogen and oxygen atoms in total. The van der Waals surface area contributed by atoms with E-state index in [1.54, 1.807) is 0 Å². The van der Waals surface area contributed by atoms with Crippen LogP contribution in [0.5, 0.6) is 5.75 Å². The van der Waals surface area contributed by atoms with E-state index < -0.39 is 28.1 Å². The lowest BCUT2D eigenvalue weighted by atomic mass is 10.1. The molecule has 8 heteroatoms. The predicted octanol–water partition coefficient (Wildman–Crippen LogP) is 0.589. The first kappa shape index (κ1) is 17.4. The predicted molar refractivity (Wildman–Crippen MR) is 75.7 cm³/mol. The molecule has 0 aliphatic heterocycles. The largest absolute Gasteiger partial charge is 0.494 e. The molecule has 0 aliphatic carbocycles. The fourth-order valence-electron chi connectivity index (χ4n) is 1.33. The number of carboxylic acids is 1. The van der Waals surface area contributed by atoms with Crippen LogP contribution in [-0.4, -0.2) is 43.4 Å². The van der Waals surface area contributed by atoms with Gasteiger partial charge >= 0.3 is 5.97 Å². The molecule has 0 saturated heterocycles. The Labute approximate surface area is 123 Å². The minimum atomic E-state index is -3.89. The molecule has 1 aromatic carbocycles. The fourth-order valence-corrected chi connectivity index (χ4v) is 2.46. The van der Waals surface area contributed by atoms with E-state index in [1.165, 1.54) is 24.3 Å². The van der Waals surface area contributed by atoms with Crippen LogP contribution in [-0.2, 0) is 14.8 Å². The number of aliphatic carboxylic acids is 1. The molecule has 1 aromatic rings. The van der Waals surface area contributed by atoms with E-state index in [9.17, 15) is 18.3 Å². The van der Waals surface area contributed by atoms with Crippen molar-refractivity contribution in [3.63, 3.8) is 0 Å². The number of carboxylic acid groups (broad SMARTS) is 1. The van der Waals surface area contributed by atoms with Crippen molar-refractivity contribution in [2.75, 3.05) is 13.2 Å². The number of ether oxygens (including phenoxy) is 1. The number of hydrogen-bond donors (Lipinski definition) is 3. The van der Waals surface area contributed by atoms with Gasteiger partial charge in [0.15, 0.2) is 5.60 Å². The number of aliphatic hydroxyl groups is 1. The van der Waals surface area contributed by atoms with Crippen LogP contribution in [0.15, 0.2) is 29.2 Å². The molecular formula is C13H19NO6S. The third-order valence-corrected chi connectivity index (χ3v) is 4.09. The molecule has 3 N–H and O–H groups in total. The molecule has 0 bridgehead atoms. The Kier molecular flexibility index (Phi) is 5.70. The topological polar surface area (TPSA) is 113 Å². The highest BCUT2D eigenvalue weighted by Gasteiger charge is 2.31. The summed E-state index contributed by atoms with van der Waals surface area (Å²) in [5.41, 5.74) is -2.17. The Bertz CT molecular complexity index is 579. The van der Waals surface area contributed by atoms with Crippen LogP contribution in [0.2, 0.25) is 0 Å². The molecule has 118 valence electrons. The van der Waals surface area contributed by atoms with Crippen LogP contribution in [0.25, 0.3) is 0 Å². The summed E-state index contributed by atoms with van der Waals surface area (Å²) in [6.45, 7) is 2.88. The molecule has 0 aliphatic rings. The van der Waals surface area contributed by atoms with E-state index >= 15 is 0 Å². The van der Waals surface area contributed by atoms with Gasteiger partial charge in [0.25, 0.3) is 0 Å². The Morgan fingerprint density at radius 1 is 1.33 bits per heavy atom. The molecule has 1 rings (SSSR count). The Morgan fingerprint density at radius 2 is 1.90 bits per heavy atom. The molecule has 0 spiro atoms. The number of hydrogen-bond acceptors (Lipinski definition) is 5. The van der Waals surface area contributed by atoms with E-state index in [0.29, 0.717) is 12.4 Å². The van der Waals surface area contributed by atoms with Crippen molar-refractivity contribution >= 4 is 16.0 Å². The first-order chi connectivity index (χ1) is 9.69. The third kappa shape index (κ3) is 5.00. The smallest absolute Gasteiger partial charge is 0.336 e. The average molecular weight is 317 g/mol. The molecule has 1 atom stereocenters. The summed E-state index contributed by atoms with van der Waals surface area (Å²) >= 11 is 0. The van der Waals surface area contributed by atoms with Gasteiger partial charge in [-0.05, 0) is 37.6 Å². The van der Waals surface area contributed by atoms with Crippen molar-refractivity contribution in [2.45, 2.75) is 30.8 Å². The maximum Gasteiger partial charge on any atom is 0.336 e. The first-order valence-corrected chi connectivity index (χ1v) is 7.85. The van der Waals surface area contributed by atoms with Gasteiger partial charge in [-0.25, -0.2) is 17.9 Å². The van der Waals surface area contributed by atoms with Gasteiger partial charge in [0, 0.05) is 0 Å². The van der Waals surface area contributed by atoms with E-state index in [-0.39, 0.29) is 4.90 Å². The maximum absolute atomic E-state index is 12.0. The molecule has 0 radical (unpaired) electrons. The van der Waals surface area contributed by atoms with Gasteiger partial charge in [-0.2, -0.15) is 0 Å². The zero-order chi connectivity index (χ0) is 16.1. The normalized spacial score (nSPS) is 14.4. The summed E-state index contributed by atoms with van der Waals surface area (Å²) in [6, 6.07) is 5.73. The van der Waals surface area contributed by atoms with Gasteiger partial charge in [0.05, 0.1) is 18.0 Å². The highest BCUT2D eigenvalue weighted by atomic mass is 32.2. The highest BCUT2D eigenvalue weighted by Crippen LogP contribution is 2.16.